The summed E-state index contributed by atoms with van der Waals surface area (Å²) in [5.74, 6) is -1.71. The molecule has 1 atom stereocenters. The number of benzene rings is 1. The third-order valence-electron chi connectivity index (χ3n) is 6.51. The van der Waals surface area contributed by atoms with Crippen molar-refractivity contribution in [3.63, 3.8) is 0 Å². The predicted octanol–water partition coefficient (Wildman–Crippen LogP) is 3.66. The second kappa shape index (κ2) is 12.7. The number of nitrogens with one attached hydrogen (secondary N) is 1. The first-order valence-electron chi connectivity index (χ1n) is 12.2. The summed E-state index contributed by atoms with van der Waals surface area (Å²) in [6.45, 7) is 4.02. The minimum atomic E-state index is -0.795. The Morgan fingerprint density at radius 2 is 1.91 bits per heavy atom. The molecule has 1 aliphatic carbocycles. The highest BCUT2D eigenvalue weighted by molar-refractivity contribution is 6.38. The molecule has 0 spiro atoms. The van der Waals surface area contributed by atoms with E-state index in [1.54, 1.807) is 21.9 Å². The molecule has 0 radical (unpaired) electrons. The van der Waals surface area contributed by atoms with Crippen LogP contribution >= 0.6 is 0 Å². The molecule has 2 fully saturated rings. The molecule has 33 heavy (non-hydrogen) atoms. The van der Waals surface area contributed by atoms with E-state index >= 15 is 0 Å². The summed E-state index contributed by atoms with van der Waals surface area (Å²) >= 11 is 0. The Bertz CT molecular complexity index is 807. The maximum absolute atomic E-state index is 13.6. The molecule has 3 amide bonds. The zero-order valence-electron chi connectivity index (χ0n) is 19.6. The van der Waals surface area contributed by atoms with Crippen LogP contribution in [0.15, 0.2) is 24.3 Å². The van der Waals surface area contributed by atoms with Gasteiger partial charge < -0.3 is 19.9 Å². The van der Waals surface area contributed by atoms with Gasteiger partial charge in [0.25, 0.3) is 5.91 Å². The highest BCUT2D eigenvalue weighted by Crippen LogP contribution is 2.28. The van der Waals surface area contributed by atoms with E-state index in [2.05, 4.69) is 5.32 Å². The lowest BCUT2D eigenvalue weighted by Crippen LogP contribution is -2.59. The maximum atomic E-state index is 13.6. The third-order valence-corrected chi connectivity index (χ3v) is 6.51. The average molecular weight is 462 g/mol. The van der Waals surface area contributed by atoms with Gasteiger partial charge in [-0.25, -0.2) is 9.18 Å². The largest absolute Gasteiger partial charge is 0.378 e. The SMILES string of the molecule is CCCC[C@@H](C(=O)C(=O)NCc1cccc(F)c1)N(C(=O)N1CCOCC1)C1CCCCC1. The molecule has 1 saturated heterocycles. The number of halogens is 1. The van der Waals surface area contributed by atoms with Gasteiger partial charge in [0.2, 0.25) is 5.78 Å². The number of nitrogens with zero attached hydrogens (tertiary/aromatic N) is 2. The lowest BCUT2D eigenvalue weighted by Gasteiger charge is -2.42. The lowest BCUT2D eigenvalue weighted by atomic mass is 9.91. The summed E-state index contributed by atoms with van der Waals surface area (Å²) in [6.07, 6.45) is 6.89. The molecular formula is C25H36FN3O4. The van der Waals surface area contributed by atoms with E-state index in [1.165, 1.54) is 12.1 Å². The summed E-state index contributed by atoms with van der Waals surface area (Å²) < 4.78 is 18.9. The van der Waals surface area contributed by atoms with Crippen molar-refractivity contribution in [2.75, 3.05) is 26.3 Å². The van der Waals surface area contributed by atoms with E-state index in [1.807, 2.05) is 6.92 Å². The molecule has 8 heteroatoms. The van der Waals surface area contributed by atoms with Gasteiger partial charge in [0.1, 0.15) is 11.9 Å². The number of unbranched alkanes of at least 4 members (excludes halogenated alkanes) is 1. The van der Waals surface area contributed by atoms with Crippen LogP contribution in [0.1, 0.15) is 63.9 Å². The highest BCUT2D eigenvalue weighted by atomic mass is 19.1. The number of rotatable bonds is 9. The van der Waals surface area contributed by atoms with E-state index in [-0.39, 0.29) is 18.6 Å². The number of ketones is 1. The van der Waals surface area contributed by atoms with Crippen molar-refractivity contribution in [2.45, 2.75) is 76.9 Å². The van der Waals surface area contributed by atoms with Crippen LogP contribution in [-0.4, -0.2) is 65.9 Å². The minimum Gasteiger partial charge on any atom is -0.378 e. The van der Waals surface area contributed by atoms with Crippen LogP contribution < -0.4 is 5.32 Å². The van der Waals surface area contributed by atoms with Crippen molar-refractivity contribution in [1.29, 1.82) is 0 Å². The average Bonchev–Trinajstić information content (AvgIpc) is 2.85. The number of carbonyl (C=O) groups excluding carboxylic acids is 3. The van der Waals surface area contributed by atoms with E-state index in [0.717, 1.165) is 44.9 Å². The molecular weight excluding hydrogens is 425 g/mol. The molecule has 1 heterocycles. The Labute approximate surface area is 195 Å². The Morgan fingerprint density at radius 3 is 2.58 bits per heavy atom. The molecule has 1 N–H and O–H groups in total. The Balaban J connectivity index is 1.78. The van der Waals surface area contributed by atoms with E-state index in [4.69, 9.17) is 4.74 Å². The summed E-state index contributed by atoms with van der Waals surface area (Å²) in [7, 11) is 0. The van der Waals surface area contributed by atoms with Gasteiger partial charge in [0.15, 0.2) is 0 Å². The zero-order valence-corrected chi connectivity index (χ0v) is 19.6. The predicted molar refractivity (Wildman–Crippen MR) is 123 cm³/mol. The number of Topliss-reactive ketones (excluding diaryl/α,β-unsaturated/α-hetero) is 1. The molecule has 1 aromatic rings. The van der Waals surface area contributed by atoms with Crippen LogP contribution in [0, 0.1) is 5.82 Å². The fraction of sp³-hybridized carbons (Fsp3) is 0.640. The second-order valence-corrected chi connectivity index (χ2v) is 8.92. The lowest BCUT2D eigenvalue weighted by molar-refractivity contribution is -0.141. The molecule has 1 saturated carbocycles. The van der Waals surface area contributed by atoms with Crippen LogP contribution in [0.4, 0.5) is 9.18 Å². The van der Waals surface area contributed by atoms with Crippen molar-refractivity contribution < 1.29 is 23.5 Å². The molecule has 3 rings (SSSR count). The molecule has 2 aliphatic rings. The van der Waals surface area contributed by atoms with E-state index in [0.29, 0.717) is 38.3 Å². The van der Waals surface area contributed by atoms with Gasteiger partial charge in [-0.15, -0.1) is 0 Å². The van der Waals surface area contributed by atoms with E-state index in [9.17, 15) is 18.8 Å². The van der Waals surface area contributed by atoms with Crippen molar-refractivity contribution in [3.05, 3.63) is 35.6 Å². The summed E-state index contributed by atoms with van der Waals surface area (Å²) in [6, 6.07) is 4.91. The van der Waals surface area contributed by atoms with Gasteiger partial charge in [-0.05, 0) is 37.0 Å². The van der Waals surface area contributed by atoms with Gasteiger partial charge in [-0.1, -0.05) is 51.2 Å². The number of hydrogen-bond acceptors (Lipinski definition) is 4. The van der Waals surface area contributed by atoms with Crippen molar-refractivity contribution in [3.8, 4) is 0 Å². The molecule has 0 unspecified atom stereocenters. The first-order valence-corrected chi connectivity index (χ1v) is 12.2. The molecule has 7 nitrogen and oxygen atoms in total. The van der Waals surface area contributed by atoms with Crippen LogP contribution in [-0.2, 0) is 20.9 Å². The molecule has 0 bridgehead atoms. The molecule has 1 aromatic carbocycles. The van der Waals surface area contributed by atoms with Crippen molar-refractivity contribution in [2.24, 2.45) is 0 Å². The maximum Gasteiger partial charge on any atom is 0.321 e. The summed E-state index contributed by atoms with van der Waals surface area (Å²) in [5, 5.41) is 2.63. The second-order valence-electron chi connectivity index (χ2n) is 8.92. The fourth-order valence-electron chi connectivity index (χ4n) is 4.68. The van der Waals surface area contributed by atoms with Gasteiger partial charge in [-0.2, -0.15) is 0 Å². The van der Waals surface area contributed by atoms with Gasteiger partial charge in [-0.3, -0.25) is 9.59 Å². The molecule has 0 aromatic heterocycles. The number of morpholine rings is 1. The van der Waals surface area contributed by atoms with Crippen LogP contribution in [0.3, 0.4) is 0 Å². The topological polar surface area (TPSA) is 79.0 Å². The smallest absolute Gasteiger partial charge is 0.321 e. The Hall–Kier alpha value is -2.48. The normalized spacial score (nSPS) is 17.9. The molecule has 182 valence electrons. The quantitative estimate of drug-likeness (QED) is 0.570. The number of amides is 3. The van der Waals surface area contributed by atoms with Crippen LogP contribution in [0.2, 0.25) is 0 Å². The van der Waals surface area contributed by atoms with Crippen molar-refractivity contribution >= 4 is 17.7 Å². The highest BCUT2D eigenvalue weighted by Gasteiger charge is 2.39. The van der Waals surface area contributed by atoms with Gasteiger partial charge >= 0.3 is 6.03 Å². The third kappa shape index (κ3) is 7.00. The van der Waals surface area contributed by atoms with Gasteiger partial charge in [0, 0.05) is 25.7 Å². The standard InChI is InChI=1S/C25H36FN3O4/c1-2-3-12-22(23(30)24(31)27-18-19-8-7-9-20(26)17-19)29(21-10-5-4-6-11-21)25(32)28-13-15-33-16-14-28/h7-9,17,21-22H,2-6,10-16,18H2,1H3,(H,27,31)/t22-/m0/s1. The first kappa shape index (κ1) is 25.1. The summed E-state index contributed by atoms with van der Waals surface area (Å²) in [4.78, 5) is 43.3. The van der Waals surface area contributed by atoms with Gasteiger partial charge in [0.05, 0.1) is 13.2 Å². The van der Waals surface area contributed by atoms with Crippen molar-refractivity contribution in [1.82, 2.24) is 15.1 Å². The minimum absolute atomic E-state index is 0.0454. The number of hydrogen-bond donors (Lipinski definition) is 1. The first-order chi connectivity index (χ1) is 16.0. The Morgan fingerprint density at radius 1 is 1.18 bits per heavy atom. The number of urea groups is 1. The monoisotopic (exact) mass is 461 g/mol. The zero-order chi connectivity index (χ0) is 23.6. The fourth-order valence-corrected chi connectivity index (χ4v) is 4.68. The van der Waals surface area contributed by atoms with Crippen LogP contribution in [0.5, 0.6) is 0 Å². The van der Waals surface area contributed by atoms with Crippen LogP contribution in [0.25, 0.3) is 0 Å². The number of ether oxygens (including phenoxy) is 1. The van der Waals surface area contributed by atoms with E-state index < -0.39 is 23.5 Å². The molecule has 1 aliphatic heterocycles. The summed E-state index contributed by atoms with van der Waals surface area (Å²) in [5.41, 5.74) is 0.579. The number of carbonyl (C=O) groups is 3. The Kier molecular flexibility index (Phi) is 9.66.